The van der Waals surface area contributed by atoms with Crippen LogP contribution in [-0.4, -0.2) is 23.7 Å². The van der Waals surface area contributed by atoms with Gasteiger partial charge in [0.25, 0.3) is 0 Å². The summed E-state index contributed by atoms with van der Waals surface area (Å²) in [5.41, 5.74) is 1.66. The van der Waals surface area contributed by atoms with E-state index in [0.29, 0.717) is 6.42 Å². The number of nitrogens with zero attached hydrogens (tertiary/aromatic N) is 1. The van der Waals surface area contributed by atoms with E-state index in [-0.39, 0.29) is 11.7 Å². The summed E-state index contributed by atoms with van der Waals surface area (Å²) in [4.78, 5) is 27.5. The molecule has 0 radical (unpaired) electrons. The predicted molar refractivity (Wildman–Crippen MR) is 94.6 cm³/mol. The second-order valence-electron chi connectivity index (χ2n) is 5.59. The summed E-state index contributed by atoms with van der Waals surface area (Å²) >= 11 is 1.66. The van der Waals surface area contributed by atoms with E-state index in [1.54, 1.807) is 16.7 Å². The topological polar surface area (TPSA) is 37.4 Å². The zero-order valence-corrected chi connectivity index (χ0v) is 13.8. The van der Waals surface area contributed by atoms with Gasteiger partial charge in [0.2, 0.25) is 5.91 Å². The molecule has 0 unspecified atom stereocenters. The first kappa shape index (κ1) is 15.8. The monoisotopic (exact) mass is 325 g/mol. The Morgan fingerprint density at radius 1 is 0.957 bits per heavy atom. The van der Waals surface area contributed by atoms with Gasteiger partial charge in [0, 0.05) is 5.69 Å². The van der Waals surface area contributed by atoms with Crippen LogP contribution in [0, 0.1) is 5.92 Å². The number of hydrogen-bond acceptors (Lipinski definition) is 3. The van der Waals surface area contributed by atoms with Gasteiger partial charge in [-0.3, -0.25) is 14.5 Å². The molecule has 3 nitrogen and oxygen atoms in total. The molecule has 3 rings (SSSR count). The van der Waals surface area contributed by atoms with E-state index in [4.69, 9.17) is 0 Å². The van der Waals surface area contributed by atoms with Crippen molar-refractivity contribution in [2.45, 2.75) is 12.5 Å². The maximum absolute atomic E-state index is 12.9. The highest BCUT2D eigenvalue weighted by Gasteiger charge is 2.47. The number of Topliss-reactive ketones (excluding diaryl/α,β-unsaturated/α-hetero) is 1. The van der Waals surface area contributed by atoms with Crippen molar-refractivity contribution in [1.82, 2.24) is 0 Å². The number of rotatable bonds is 5. The van der Waals surface area contributed by atoms with Crippen LogP contribution in [0.1, 0.15) is 18.0 Å². The average molecular weight is 325 g/mol. The van der Waals surface area contributed by atoms with Gasteiger partial charge in [-0.15, -0.1) is 0 Å². The molecule has 1 heterocycles. The van der Waals surface area contributed by atoms with Gasteiger partial charge in [0.15, 0.2) is 5.78 Å². The number of carbonyl (C=O) groups excluding carboxylic acids is 2. The molecule has 0 spiro atoms. The third-order valence-corrected chi connectivity index (χ3v) is 4.81. The Morgan fingerprint density at radius 3 is 2.17 bits per heavy atom. The first-order chi connectivity index (χ1) is 11.2. The number of ketones is 1. The van der Waals surface area contributed by atoms with Crippen LogP contribution in [0.4, 0.5) is 5.69 Å². The molecule has 1 aliphatic rings. The van der Waals surface area contributed by atoms with Gasteiger partial charge in [-0.05, 0) is 36.1 Å². The predicted octanol–water partition coefficient (Wildman–Crippen LogP) is 3.71. The fourth-order valence-electron chi connectivity index (χ4n) is 3.05. The largest absolute Gasteiger partial charge is 0.297 e. The van der Waals surface area contributed by atoms with Crippen molar-refractivity contribution in [2.24, 2.45) is 5.92 Å². The fraction of sp³-hybridized carbons (Fsp3) is 0.263. The average Bonchev–Trinajstić information content (AvgIpc) is 2.85. The summed E-state index contributed by atoms with van der Waals surface area (Å²) < 4.78 is 0. The van der Waals surface area contributed by atoms with Gasteiger partial charge in [-0.25, -0.2) is 0 Å². The molecule has 2 aromatic carbocycles. The summed E-state index contributed by atoms with van der Waals surface area (Å²) in [6.07, 6.45) is 2.60. The Kier molecular flexibility index (Phi) is 4.82. The number of anilines is 1. The van der Waals surface area contributed by atoms with Crippen LogP contribution in [0.15, 0.2) is 60.7 Å². The maximum Gasteiger partial charge on any atom is 0.238 e. The van der Waals surface area contributed by atoms with Crippen molar-refractivity contribution in [3.63, 3.8) is 0 Å². The van der Waals surface area contributed by atoms with Crippen LogP contribution >= 0.6 is 11.8 Å². The molecule has 118 valence electrons. The van der Waals surface area contributed by atoms with E-state index < -0.39 is 12.0 Å². The van der Waals surface area contributed by atoms with Crippen molar-refractivity contribution in [1.29, 1.82) is 0 Å². The van der Waals surface area contributed by atoms with Gasteiger partial charge in [-0.1, -0.05) is 48.5 Å². The van der Waals surface area contributed by atoms with Gasteiger partial charge >= 0.3 is 0 Å². The number of amides is 1. The molecule has 0 bridgehead atoms. The minimum absolute atomic E-state index is 0.0131. The molecule has 0 aliphatic carbocycles. The Balaban J connectivity index is 2.02. The molecule has 4 heteroatoms. The van der Waals surface area contributed by atoms with E-state index in [2.05, 4.69) is 0 Å². The lowest BCUT2D eigenvalue weighted by Crippen LogP contribution is -2.29. The summed E-state index contributed by atoms with van der Waals surface area (Å²) in [5.74, 6) is 0.211. The number of para-hydroxylation sites is 1. The molecule has 2 atom stereocenters. The molecule has 0 N–H and O–H groups in total. The van der Waals surface area contributed by atoms with Crippen molar-refractivity contribution in [3.05, 3.63) is 66.2 Å². The Bertz CT molecular complexity index is 630. The highest BCUT2D eigenvalue weighted by Crippen LogP contribution is 2.38. The van der Waals surface area contributed by atoms with Crippen molar-refractivity contribution in [3.8, 4) is 0 Å². The third-order valence-electron chi connectivity index (χ3n) is 4.17. The summed E-state index contributed by atoms with van der Waals surface area (Å²) in [6.45, 7) is 0. The maximum atomic E-state index is 12.9. The van der Waals surface area contributed by atoms with Crippen molar-refractivity contribution < 1.29 is 9.59 Å². The van der Waals surface area contributed by atoms with E-state index in [1.807, 2.05) is 66.9 Å². The lowest BCUT2D eigenvalue weighted by atomic mass is 9.96. The van der Waals surface area contributed by atoms with E-state index in [0.717, 1.165) is 17.0 Å². The summed E-state index contributed by atoms with van der Waals surface area (Å²) in [6, 6.07) is 18.5. The van der Waals surface area contributed by atoms with E-state index >= 15 is 0 Å². The Labute approximate surface area is 140 Å². The van der Waals surface area contributed by atoms with Gasteiger partial charge in [-0.2, -0.15) is 11.8 Å². The van der Waals surface area contributed by atoms with Crippen LogP contribution < -0.4 is 4.90 Å². The molecule has 1 amide bonds. The number of carbonyl (C=O) groups is 2. The minimum Gasteiger partial charge on any atom is -0.297 e. The van der Waals surface area contributed by atoms with Crippen molar-refractivity contribution in [2.75, 3.05) is 16.9 Å². The molecule has 0 aromatic heterocycles. The molecule has 1 aliphatic heterocycles. The molecular formula is C19H19NO2S. The van der Waals surface area contributed by atoms with Crippen LogP contribution in [0.2, 0.25) is 0 Å². The zero-order chi connectivity index (χ0) is 16.2. The number of hydrogen-bond donors (Lipinski definition) is 0. The zero-order valence-electron chi connectivity index (χ0n) is 13.0. The van der Waals surface area contributed by atoms with Gasteiger partial charge in [0.05, 0.1) is 0 Å². The normalized spacial score (nSPS) is 21.0. The van der Waals surface area contributed by atoms with Gasteiger partial charge in [0.1, 0.15) is 12.0 Å². The Hall–Kier alpha value is -2.07. The van der Waals surface area contributed by atoms with E-state index in [9.17, 15) is 9.59 Å². The van der Waals surface area contributed by atoms with E-state index in [1.165, 1.54) is 0 Å². The summed E-state index contributed by atoms with van der Waals surface area (Å²) in [7, 11) is 0. The smallest absolute Gasteiger partial charge is 0.238 e. The van der Waals surface area contributed by atoms with Gasteiger partial charge < -0.3 is 0 Å². The second-order valence-corrected chi connectivity index (χ2v) is 6.58. The second kappa shape index (κ2) is 7.01. The molecular weight excluding hydrogens is 306 g/mol. The first-order valence-electron chi connectivity index (χ1n) is 7.69. The minimum atomic E-state index is -0.534. The Morgan fingerprint density at radius 2 is 1.57 bits per heavy atom. The molecule has 1 saturated heterocycles. The first-order valence-corrected chi connectivity index (χ1v) is 9.09. The summed E-state index contributed by atoms with van der Waals surface area (Å²) in [5, 5.41) is 0. The molecule has 0 saturated carbocycles. The van der Waals surface area contributed by atoms with Crippen LogP contribution in [0.3, 0.4) is 0 Å². The molecule has 1 fully saturated rings. The lowest BCUT2D eigenvalue weighted by Gasteiger charge is -2.24. The molecule has 23 heavy (non-hydrogen) atoms. The standard InChI is InChI=1S/C19H19NO2S/c1-23-13-12-16-18(21)17(14-8-4-2-5-9-14)20(19(16)22)15-10-6-3-7-11-15/h2-11,16-17H,12-13H2,1H3/t16-,17-/m0/s1. The SMILES string of the molecule is CSCC[C@H]1C(=O)[C@H](c2ccccc2)N(c2ccccc2)C1=O. The number of benzene rings is 2. The number of thioether (sulfide) groups is 1. The van der Waals surface area contributed by atoms with Crippen LogP contribution in [0.25, 0.3) is 0 Å². The highest BCUT2D eigenvalue weighted by molar-refractivity contribution is 7.98. The lowest BCUT2D eigenvalue weighted by molar-refractivity contribution is -0.127. The molecule has 2 aromatic rings. The highest BCUT2D eigenvalue weighted by atomic mass is 32.2. The van der Waals surface area contributed by atoms with Crippen LogP contribution in [0.5, 0.6) is 0 Å². The van der Waals surface area contributed by atoms with Crippen molar-refractivity contribution >= 4 is 29.1 Å². The quantitative estimate of drug-likeness (QED) is 0.786. The third kappa shape index (κ3) is 3.04. The fourth-order valence-corrected chi connectivity index (χ4v) is 3.52. The van der Waals surface area contributed by atoms with Crippen LogP contribution in [-0.2, 0) is 9.59 Å².